The summed E-state index contributed by atoms with van der Waals surface area (Å²) in [5.41, 5.74) is 7.80. The van der Waals surface area contributed by atoms with E-state index in [1.165, 1.54) is 12.1 Å². The fourth-order valence-electron chi connectivity index (χ4n) is 2.60. The quantitative estimate of drug-likeness (QED) is 0.649. The van der Waals surface area contributed by atoms with Crippen LogP contribution >= 0.6 is 0 Å². The van der Waals surface area contributed by atoms with Crippen LogP contribution < -0.4 is 10.5 Å². The molecular weight excluding hydrogens is 254 g/mol. The van der Waals surface area contributed by atoms with Gasteiger partial charge in [0.05, 0.1) is 5.92 Å². The minimum atomic E-state index is -0.363. The maximum Gasteiger partial charge on any atom is 0.174 e. The molecule has 3 rings (SSSR count). The van der Waals surface area contributed by atoms with Gasteiger partial charge in [-0.25, -0.2) is 0 Å². The number of ether oxygens (including phenoxy) is 1. The topological polar surface area (TPSA) is 72.5 Å². The van der Waals surface area contributed by atoms with Crippen LogP contribution in [0.4, 0.5) is 5.69 Å². The molecule has 1 heterocycles. The number of anilines is 1. The number of phenols is 1. The zero-order valence-corrected chi connectivity index (χ0v) is 11.0. The molecule has 102 valence electrons. The normalized spacial score (nSPS) is 20.2. The van der Waals surface area contributed by atoms with E-state index in [1.54, 1.807) is 30.3 Å². The second-order valence-electron chi connectivity index (χ2n) is 5.01. The molecule has 4 nitrogen and oxygen atoms in total. The molecule has 0 amide bonds. The van der Waals surface area contributed by atoms with Gasteiger partial charge in [0.15, 0.2) is 5.78 Å². The molecule has 3 N–H and O–H groups in total. The van der Waals surface area contributed by atoms with Gasteiger partial charge in [-0.3, -0.25) is 4.79 Å². The number of fused-ring (bicyclic) bond motifs is 1. The Morgan fingerprint density at radius 2 is 1.90 bits per heavy atom. The first-order valence-corrected chi connectivity index (χ1v) is 6.45. The molecule has 2 atom stereocenters. The molecule has 0 fully saturated rings. The summed E-state index contributed by atoms with van der Waals surface area (Å²) in [5.74, 6) is 0.464. The number of aromatic hydroxyl groups is 1. The smallest absolute Gasteiger partial charge is 0.174 e. The number of carbonyl (C=O) groups excluding carboxylic acids is 1. The lowest BCUT2D eigenvalue weighted by Gasteiger charge is -2.14. The number of ketones is 1. The first kappa shape index (κ1) is 12.5. The first-order chi connectivity index (χ1) is 9.56. The number of hydrogen-bond acceptors (Lipinski definition) is 4. The van der Waals surface area contributed by atoms with Gasteiger partial charge in [-0.2, -0.15) is 0 Å². The fraction of sp³-hybridized carbons (Fsp3) is 0.188. The van der Waals surface area contributed by atoms with E-state index in [0.29, 0.717) is 17.0 Å². The van der Waals surface area contributed by atoms with Crippen LogP contribution in [0.2, 0.25) is 0 Å². The maximum absolute atomic E-state index is 12.6. The van der Waals surface area contributed by atoms with E-state index in [4.69, 9.17) is 10.5 Å². The Balaban J connectivity index is 2.00. The van der Waals surface area contributed by atoms with Gasteiger partial charge in [0.2, 0.25) is 0 Å². The van der Waals surface area contributed by atoms with Crippen LogP contribution in [0.15, 0.2) is 42.5 Å². The van der Waals surface area contributed by atoms with Crippen molar-refractivity contribution in [3.05, 3.63) is 53.6 Å². The molecule has 1 aliphatic rings. The van der Waals surface area contributed by atoms with E-state index >= 15 is 0 Å². The van der Waals surface area contributed by atoms with Gasteiger partial charge in [0.25, 0.3) is 0 Å². The highest BCUT2D eigenvalue weighted by Gasteiger charge is 2.37. The Morgan fingerprint density at radius 3 is 2.60 bits per heavy atom. The van der Waals surface area contributed by atoms with Crippen LogP contribution in [0.1, 0.15) is 28.8 Å². The van der Waals surface area contributed by atoms with Crippen LogP contribution in [0, 0.1) is 0 Å². The lowest BCUT2D eigenvalue weighted by Crippen LogP contribution is -2.22. The average Bonchev–Trinajstić information content (AvgIpc) is 2.74. The third kappa shape index (κ3) is 1.99. The molecule has 0 saturated carbocycles. The molecule has 0 saturated heterocycles. The van der Waals surface area contributed by atoms with E-state index in [1.807, 2.05) is 6.92 Å². The van der Waals surface area contributed by atoms with Crippen LogP contribution in [-0.2, 0) is 0 Å². The van der Waals surface area contributed by atoms with Crippen molar-refractivity contribution >= 4 is 11.5 Å². The van der Waals surface area contributed by atoms with E-state index < -0.39 is 0 Å². The highest BCUT2D eigenvalue weighted by atomic mass is 16.5. The summed E-state index contributed by atoms with van der Waals surface area (Å²) in [7, 11) is 0. The standard InChI is InChI=1S/C16H15NO3/c1-9-15(13-8-11(17)4-7-14(13)20-9)16(19)10-2-5-12(18)6-3-10/h2-9,15,18H,17H2,1H3. The number of Topliss-reactive ketones (excluding diaryl/α,β-unsaturated/α-hetero) is 1. The Labute approximate surface area is 116 Å². The van der Waals surface area contributed by atoms with Crippen LogP contribution in [0.3, 0.4) is 0 Å². The predicted molar refractivity (Wildman–Crippen MR) is 76.1 cm³/mol. The van der Waals surface area contributed by atoms with Gasteiger partial charge in [0, 0.05) is 16.8 Å². The van der Waals surface area contributed by atoms with Gasteiger partial charge >= 0.3 is 0 Å². The van der Waals surface area contributed by atoms with Crippen molar-refractivity contribution in [2.24, 2.45) is 0 Å². The van der Waals surface area contributed by atoms with E-state index in [0.717, 1.165) is 5.56 Å². The van der Waals surface area contributed by atoms with Crippen molar-refractivity contribution in [1.82, 2.24) is 0 Å². The van der Waals surface area contributed by atoms with E-state index in [2.05, 4.69) is 0 Å². The summed E-state index contributed by atoms with van der Waals surface area (Å²) in [5, 5.41) is 9.30. The maximum atomic E-state index is 12.6. The summed E-state index contributed by atoms with van der Waals surface area (Å²) in [6.07, 6.45) is -0.229. The molecule has 0 spiro atoms. The number of rotatable bonds is 2. The minimum Gasteiger partial charge on any atom is -0.508 e. The molecule has 2 unspecified atom stereocenters. The molecular formula is C16H15NO3. The molecule has 0 aromatic heterocycles. The highest BCUT2D eigenvalue weighted by Crippen LogP contribution is 2.41. The SMILES string of the molecule is CC1Oc2ccc(N)cc2C1C(=O)c1ccc(O)cc1. The molecule has 2 aromatic rings. The van der Waals surface area contributed by atoms with Gasteiger partial charge in [-0.1, -0.05) is 0 Å². The third-order valence-electron chi connectivity index (χ3n) is 3.59. The van der Waals surface area contributed by atoms with Crippen molar-refractivity contribution in [3.63, 3.8) is 0 Å². The molecule has 2 aromatic carbocycles. The number of nitrogen functional groups attached to an aromatic ring is 1. The van der Waals surface area contributed by atoms with Crippen molar-refractivity contribution in [3.8, 4) is 11.5 Å². The molecule has 4 heteroatoms. The van der Waals surface area contributed by atoms with Gasteiger partial charge in [0.1, 0.15) is 17.6 Å². The summed E-state index contributed by atoms with van der Waals surface area (Å²) in [6.45, 7) is 1.87. The Morgan fingerprint density at radius 1 is 1.20 bits per heavy atom. The monoisotopic (exact) mass is 269 g/mol. The Kier molecular flexibility index (Phi) is 2.86. The zero-order chi connectivity index (χ0) is 14.3. The lowest BCUT2D eigenvalue weighted by atomic mass is 9.88. The molecule has 0 radical (unpaired) electrons. The van der Waals surface area contributed by atoms with E-state index in [-0.39, 0.29) is 23.6 Å². The number of hydrogen-bond donors (Lipinski definition) is 2. The first-order valence-electron chi connectivity index (χ1n) is 6.45. The molecule has 1 aliphatic heterocycles. The van der Waals surface area contributed by atoms with Crippen LogP contribution in [0.25, 0.3) is 0 Å². The number of benzene rings is 2. The van der Waals surface area contributed by atoms with Gasteiger partial charge in [-0.05, 0) is 49.4 Å². The van der Waals surface area contributed by atoms with Crippen molar-refractivity contribution < 1.29 is 14.6 Å². The zero-order valence-electron chi connectivity index (χ0n) is 11.0. The molecule has 20 heavy (non-hydrogen) atoms. The van der Waals surface area contributed by atoms with Crippen molar-refractivity contribution in [2.45, 2.75) is 18.9 Å². The largest absolute Gasteiger partial charge is 0.508 e. The van der Waals surface area contributed by atoms with Gasteiger partial charge in [-0.15, -0.1) is 0 Å². The number of phenolic OH excluding ortho intramolecular Hbond substituents is 1. The second kappa shape index (κ2) is 4.56. The predicted octanol–water partition coefficient (Wildman–Crippen LogP) is 2.72. The fourth-order valence-corrected chi connectivity index (χ4v) is 2.60. The van der Waals surface area contributed by atoms with Crippen LogP contribution in [-0.4, -0.2) is 17.0 Å². The summed E-state index contributed by atoms with van der Waals surface area (Å²) in [6, 6.07) is 11.6. The number of nitrogens with two attached hydrogens (primary N) is 1. The highest BCUT2D eigenvalue weighted by molar-refractivity contribution is 6.02. The van der Waals surface area contributed by atoms with E-state index in [9.17, 15) is 9.90 Å². The van der Waals surface area contributed by atoms with Crippen LogP contribution in [0.5, 0.6) is 11.5 Å². The third-order valence-corrected chi connectivity index (χ3v) is 3.59. The second-order valence-corrected chi connectivity index (χ2v) is 5.01. The minimum absolute atomic E-state index is 0.0261. The summed E-state index contributed by atoms with van der Waals surface area (Å²) >= 11 is 0. The average molecular weight is 269 g/mol. The Hall–Kier alpha value is -2.49. The number of carbonyl (C=O) groups is 1. The summed E-state index contributed by atoms with van der Waals surface area (Å²) in [4.78, 5) is 12.6. The van der Waals surface area contributed by atoms with Gasteiger partial charge < -0.3 is 15.6 Å². The summed E-state index contributed by atoms with van der Waals surface area (Å²) < 4.78 is 5.71. The molecule has 0 bridgehead atoms. The van der Waals surface area contributed by atoms with Crippen molar-refractivity contribution in [1.29, 1.82) is 0 Å². The Bertz CT molecular complexity index is 664. The molecule has 0 aliphatic carbocycles. The lowest BCUT2D eigenvalue weighted by molar-refractivity contribution is 0.0909. The van der Waals surface area contributed by atoms with Crippen molar-refractivity contribution in [2.75, 3.05) is 5.73 Å².